The van der Waals surface area contributed by atoms with Gasteiger partial charge in [0.2, 0.25) is 0 Å². The van der Waals surface area contributed by atoms with E-state index in [1.807, 2.05) is 49.7 Å². The molecular weight excluding hydrogens is 526 g/mol. The Balaban J connectivity index is 1.50. The van der Waals surface area contributed by atoms with E-state index in [1.54, 1.807) is 4.57 Å². The predicted molar refractivity (Wildman–Crippen MR) is 156 cm³/mol. The van der Waals surface area contributed by atoms with E-state index < -0.39 is 5.54 Å². The molecule has 1 aliphatic heterocycles. The van der Waals surface area contributed by atoms with Crippen molar-refractivity contribution in [1.82, 2.24) is 28.5 Å². The van der Waals surface area contributed by atoms with Crippen LogP contribution in [0.4, 0.5) is 8.78 Å². The number of aryl methyl sites for hydroxylation is 2. The molecule has 0 bridgehead atoms. The Morgan fingerprint density at radius 2 is 1.46 bits per heavy atom. The highest BCUT2D eigenvalue weighted by Gasteiger charge is 2.43. The lowest BCUT2D eigenvalue weighted by atomic mass is 9.79. The topological polar surface area (TPSA) is 68.3 Å². The van der Waals surface area contributed by atoms with Gasteiger partial charge in [-0.05, 0) is 61.3 Å². The van der Waals surface area contributed by atoms with E-state index >= 15 is 0 Å². The summed E-state index contributed by atoms with van der Waals surface area (Å²) in [5.74, 6) is 0.343. The van der Waals surface area contributed by atoms with Gasteiger partial charge in [0.1, 0.15) is 17.5 Å². The molecule has 0 atom stereocenters. The molecule has 0 spiro atoms. The first-order chi connectivity index (χ1) is 19.5. The Morgan fingerprint density at radius 1 is 0.878 bits per heavy atom. The standard InChI is InChI=1S/C31H38F2N6O2/c1-21(2)19-39-28-27(29(40)37(5)30(39)41)36(4)26(34-28)7-6-16-38-18-17-35(3)20-31(38,22-8-12-24(32)13-9-22)23-10-14-25(33)15-11-23/h8-15,21H,6-7,16-20H2,1-5H3. The molecule has 0 aliphatic carbocycles. The van der Waals surface area contributed by atoms with E-state index in [0.29, 0.717) is 37.2 Å². The zero-order valence-corrected chi connectivity index (χ0v) is 24.4. The Morgan fingerprint density at radius 3 is 2.02 bits per heavy atom. The van der Waals surface area contributed by atoms with Gasteiger partial charge >= 0.3 is 5.69 Å². The van der Waals surface area contributed by atoms with Crippen molar-refractivity contribution in [3.63, 3.8) is 0 Å². The van der Waals surface area contributed by atoms with Crippen molar-refractivity contribution in [2.24, 2.45) is 20.0 Å². The number of rotatable bonds is 8. The number of imidazole rings is 1. The number of hydrogen-bond acceptors (Lipinski definition) is 5. The second kappa shape index (κ2) is 11.3. The van der Waals surface area contributed by atoms with E-state index in [2.05, 4.69) is 16.8 Å². The first-order valence-corrected chi connectivity index (χ1v) is 14.1. The number of benzene rings is 2. The fourth-order valence-corrected chi connectivity index (χ4v) is 6.18. The molecule has 1 saturated heterocycles. The molecule has 218 valence electrons. The normalized spacial score (nSPS) is 16.2. The second-order valence-electron chi connectivity index (χ2n) is 11.6. The maximum atomic E-state index is 14.0. The molecule has 2 aromatic heterocycles. The lowest BCUT2D eigenvalue weighted by molar-refractivity contribution is 0.0303. The average Bonchev–Trinajstić information content (AvgIpc) is 3.27. The quantitative estimate of drug-likeness (QED) is 0.328. The van der Waals surface area contributed by atoms with Gasteiger partial charge in [-0.1, -0.05) is 38.1 Å². The molecule has 1 aliphatic rings. The molecule has 4 aromatic rings. The Hall–Kier alpha value is -3.63. The summed E-state index contributed by atoms with van der Waals surface area (Å²) >= 11 is 0. The molecule has 2 aromatic carbocycles. The molecular formula is C31H38F2N6O2. The third-order valence-electron chi connectivity index (χ3n) is 8.26. The van der Waals surface area contributed by atoms with Gasteiger partial charge in [0.05, 0.1) is 5.54 Å². The van der Waals surface area contributed by atoms with Crippen LogP contribution in [0.2, 0.25) is 0 Å². The van der Waals surface area contributed by atoms with E-state index in [4.69, 9.17) is 4.98 Å². The van der Waals surface area contributed by atoms with E-state index in [0.717, 1.165) is 41.0 Å². The lowest BCUT2D eigenvalue weighted by Crippen LogP contribution is -2.60. The molecule has 3 heterocycles. The summed E-state index contributed by atoms with van der Waals surface area (Å²) in [6.07, 6.45) is 1.33. The number of hydrogen-bond donors (Lipinski definition) is 0. The Bertz CT molecular complexity index is 1610. The summed E-state index contributed by atoms with van der Waals surface area (Å²) in [6, 6.07) is 13.2. The lowest BCUT2D eigenvalue weighted by Gasteiger charge is -2.51. The molecule has 0 N–H and O–H groups in total. The Kier molecular flexibility index (Phi) is 7.98. The number of piperazine rings is 1. The van der Waals surface area contributed by atoms with Crippen LogP contribution >= 0.6 is 0 Å². The minimum atomic E-state index is -0.603. The molecule has 41 heavy (non-hydrogen) atoms. The van der Waals surface area contributed by atoms with Crippen LogP contribution in [0.3, 0.4) is 0 Å². The van der Waals surface area contributed by atoms with Crippen molar-refractivity contribution in [2.45, 2.75) is 38.8 Å². The van der Waals surface area contributed by atoms with Crippen molar-refractivity contribution in [1.29, 1.82) is 0 Å². The van der Waals surface area contributed by atoms with E-state index in [-0.39, 0.29) is 28.8 Å². The first kappa shape index (κ1) is 28.9. The van der Waals surface area contributed by atoms with Gasteiger partial charge in [-0.2, -0.15) is 0 Å². The molecule has 0 amide bonds. The highest BCUT2D eigenvalue weighted by atomic mass is 19.1. The number of fused-ring (bicyclic) bond motifs is 1. The fourth-order valence-electron chi connectivity index (χ4n) is 6.18. The summed E-state index contributed by atoms with van der Waals surface area (Å²) in [4.78, 5) is 35.4. The maximum Gasteiger partial charge on any atom is 0.332 e. The zero-order valence-electron chi connectivity index (χ0n) is 24.4. The maximum absolute atomic E-state index is 14.0. The zero-order chi connectivity index (χ0) is 29.5. The summed E-state index contributed by atoms with van der Waals surface area (Å²) in [5, 5.41) is 0. The van der Waals surface area contributed by atoms with Gasteiger partial charge in [-0.25, -0.2) is 18.6 Å². The molecule has 0 radical (unpaired) electrons. The summed E-state index contributed by atoms with van der Waals surface area (Å²) < 4.78 is 32.5. The van der Waals surface area contributed by atoms with Crippen LogP contribution in [0, 0.1) is 17.6 Å². The number of likely N-dealkylation sites (N-methyl/N-ethyl adjacent to an activating group) is 1. The molecule has 0 unspecified atom stereocenters. The van der Waals surface area contributed by atoms with Gasteiger partial charge in [0.15, 0.2) is 11.2 Å². The monoisotopic (exact) mass is 564 g/mol. The first-order valence-electron chi connectivity index (χ1n) is 14.1. The highest BCUT2D eigenvalue weighted by molar-refractivity contribution is 5.71. The number of aromatic nitrogens is 4. The van der Waals surface area contributed by atoms with Crippen molar-refractivity contribution in [3.05, 3.63) is 98.0 Å². The van der Waals surface area contributed by atoms with Crippen molar-refractivity contribution in [3.8, 4) is 0 Å². The van der Waals surface area contributed by atoms with Crippen LogP contribution < -0.4 is 11.2 Å². The molecule has 0 saturated carbocycles. The number of nitrogens with zero attached hydrogens (tertiary/aromatic N) is 6. The third kappa shape index (κ3) is 5.26. The van der Waals surface area contributed by atoms with Crippen molar-refractivity contribution >= 4 is 11.2 Å². The summed E-state index contributed by atoms with van der Waals surface area (Å²) in [5.41, 5.74) is 1.43. The predicted octanol–water partition coefficient (Wildman–Crippen LogP) is 3.49. The van der Waals surface area contributed by atoms with Crippen LogP contribution in [0.25, 0.3) is 11.2 Å². The summed E-state index contributed by atoms with van der Waals surface area (Å²) in [6.45, 7) is 7.50. The van der Waals surface area contributed by atoms with Gasteiger partial charge in [0.25, 0.3) is 5.56 Å². The molecule has 10 heteroatoms. The summed E-state index contributed by atoms with van der Waals surface area (Å²) in [7, 11) is 5.40. The second-order valence-corrected chi connectivity index (χ2v) is 11.6. The van der Waals surface area contributed by atoms with E-state index in [1.165, 1.54) is 31.3 Å². The van der Waals surface area contributed by atoms with Crippen molar-refractivity contribution < 1.29 is 8.78 Å². The number of halogens is 2. The fraction of sp³-hybridized carbons (Fsp3) is 0.452. The van der Waals surface area contributed by atoms with Gasteiger partial charge < -0.3 is 9.47 Å². The minimum Gasteiger partial charge on any atom is -0.325 e. The third-order valence-corrected chi connectivity index (χ3v) is 8.26. The highest BCUT2D eigenvalue weighted by Crippen LogP contribution is 2.39. The van der Waals surface area contributed by atoms with Crippen LogP contribution in [0.15, 0.2) is 58.1 Å². The smallest absolute Gasteiger partial charge is 0.325 e. The van der Waals surface area contributed by atoms with Gasteiger partial charge in [0, 0.05) is 46.7 Å². The van der Waals surface area contributed by atoms with Gasteiger partial charge in [-0.15, -0.1) is 0 Å². The SMILES string of the molecule is CC(C)Cn1c(=O)n(C)c(=O)c2c1nc(CCCN1CCN(C)CC1(c1ccc(F)cc1)c1ccc(F)cc1)n2C. The van der Waals surface area contributed by atoms with Crippen LogP contribution in [-0.4, -0.2) is 61.7 Å². The minimum absolute atomic E-state index is 0.210. The molecule has 1 fully saturated rings. The van der Waals surface area contributed by atoms with Crippen LogP contribution in [0.5, 0.6) is 0 Å². The largest absolute Gasteiger partial charge is 0.332 e. The van der Waals surface area contributed by atoms with Gasteiger partial charge in [-0.3, -0.25) is 18.8 Å². The average molecular weight is 565 g/mol. The Labute approximate surface area is 238 Å². The van der Waals surface area contributed by atoms with Crippen LogP contribution in [-0.2, 0) is 32.6 Å². The van der Waals surface area contributed by atoms with Crippen molar-refractivity contribution in [2.75, 3.05) is 33.2 Å². The molecule has 5 rings (SSSR count). The van der Waals surface area contributed by atoms with Crippen LogP contribution in [0.1, 0.15) is 37.2 Å². The molecule has 8 nitrogen and oxygen atoms in total. The van der Waals surface area contributed by atoms with E-state index in [9.17, 15) is 18.4 Å².